The lowest BCUT2D eigenvalue weighted by Gasteiger charge is -2.12. The molecule has 0 unspecified atom stereocenters. The lowest BCUT2D eigenvalue weighted by molar-refractivity contribution is 0.170. The Labute approximate surface area is 122 Å². The number of pyridine rings is 1. The third-order valence-electron chi connectivity index (χ3n) is 3.00. The van der Waals surface area contributed by atoms with Gasteiger partial charge in [-0.15, -0.1) is 0 Å². The summed E-state index contributed by atoms with van der Waals surface area (Å²) in [5, 5.41) is 19.4. The molecule has 0 bridgehead atoms. The average Bonchev–Trinajstić information content (AvgIpc) is 2.51. The first-order valence-electron chi connectivity index (χ1n) is 6.42. The van der Waals surface area contributed by atoms with Gasteiger partial charge in [0, 0.05) is 37.8 Å². The zero-order chi connectivity index (χ0) is 15.2. The molecule has 0 radical (unpaired) electrons. The fraction of sp³-hybridized carbons (Fsp3) is 0.333. The molecule has 2 aromatic rings. The van der Waals surface area contributed by atoms with Crippen molar-refractivity contribution in [2.75, 3.05) is 27.4 Å². The Morgan fingerprint density at radius 1 is 1.24 bits per heavy atom. The highest BCUT2D eigenvalue weighted by molar-refractivity contribution is 5.89. The number of rotatable bonds is 6. The molecule has 0 spiro atoms. The second-order valence-corrected chi connectivity index (χ2v) is 4.35. The van der Waals surface area contributed by atoms with Gasteiger partial charge in [-0.2, -0.15) is 5.26 Å². The molecule has 2 rings (SSSR count). The van der Waals surface area contributed by atoms with Crippen LogP contribution in [0.5, 0.6) is 17.2 Å². The lowest BCUT2D eigenvalue weighted by Crippen LogP contribution is -2.03. The molecule has 0 aliphatic heterocycles. The summed E-state index contributed by atoms with van der Waals surface area (Å²) >= 11 is 0. The maximum atomic E-state index is 10.0. The van der Waals surface area contributed by atoms with Gasteiger partial charge in [-0.05, 0) is 6.07 Å². The topological polar surface area (TPSA) is 84.6 Å². The minimum atomic E-state index is -0.105. The molecule has 1 heterocycles. The van der Waals surface area contributed by atoms with Gasteiger partial charge in [0.05, 0.1) is 19.2 Å². The Hall–Kier alpha value is -2.52. The molecule has 0 aliphatic carbocycles. The van der Waals surface area contributed by atoms with Gasteiger partial charge >= 0.3 is 0 Å². The second kappa shape index (κ2) is 6.77. The number of methoxy groups -OCH3 is 2. The van der Waals surface area contributed by atoms with Crippen LogP contribution in [0.4, 0.5) is 0 Å². The standard InChI is InChI=1S/C15H16N2O4/c1-19-4-3-5-21-14-7-12-11(6-13(14)20-2)15(18)10(8-16)9-17-12/h6-7,9H,3-5H2,1-2H3,(H,17,18). The first-order chi connectivity index (χ1) is 10.2. The van der Waals surface area contributed by atoms with Crippen molar-refractivity contribution < 1.29 is 19.3 Å². The Morgan fingerprint density at radius 2 is 2.05 bits per heavy atom. The Morgan fingerprint density at radius 3 is 2.71 bits per heavy atom. The number of aromatic hydroxyl groups is 1. The molecule has 0 atom stereocenters. The molecule has 6 nitrogen and oxygen atoms in total. The zero-order valence-electron chi connectivity index (χ0n) is 11.9. The van der Waals surface area contributed by atoms with Gasteiger partial charge in [0.2, 0.25) is 0 Å². The zero-order valence-corrected chi connectivity index (χ0v) is 11.9. The van der Waals surface area contributed by atoms with E-state index in [4.69, 9.17) is 19.5 Å². The van der Waals surface area contributed by atoms with Crippen molar-refractivity contribution in [3.63, 3.8) is 0 Å². The summed E-state index contributed by atoms with van der Waals surface area (Å²) in [5.41, 5.74) is 0.660. The smallest absolute Gasteiger partial charge is 0.163 e. The van der Waals surface area contributed by atoms with Crippen LogP contribution in [0.2, 0.25) is 0 Å². The highest BCUT2D eigenvalue weighted by atomic mass is 16.5. The van der Waals surface area contributed by atoms with E-state index in [-0.39, 0.29) is 11.3 Å². The van der Waals surface area contributed by atoms with Gasteiger partial charge in [-0.1, -0.05) is 0 Å². The van der Waals surface area contributed by atoms with Crippen molar-refractivity contribution in [3.8, 4) is 23.3 Å². The van der Waals surface area contributed by atoms with Gasteiger partial charge < -0.3 is 19.3 Å². The van der Waals surface area contributed by atoms with Crippen LogP contribution in [0.25, 0.3) is 10.9 Å². The summed E-state index contributed by atoms with van der Waals surface area (Å²) in [6.07, 6.45) is 2.09. The van der Waals surface area contributed by atoms with E-state index in [0.717, 1.165) is 6.42 Å². The molecule has 0 amide bonds. The van der Waals surface area contributed by atoms with Crippen molar-refractivity contribution in [1.29, 1.82) is 5.26 Å². The molecule has 6 heteroatoms. The number of hydrogen-bond acceptors (Lipinski definition) is 6. The summed E-state index contributed by atoms with van der Waals surface area (Å²) < 4.78 is 15.9. The Kier molecular flexibility index (Phi) is 4.80. The first kappa shape index (κ1) is 14.9. The lowest BCUT2D eigenvalue weighted by atomic mass is 10.1. The third kappa shape index (κ3) is 3.15. The normalized spacial score (nSPS) is 10.3. The fourth-order valence-corrected chi connectivity index (χ4v) is 1.93. The Balaban J connectivity index is 2.37. The van der Waals surface area contributed by atoms with E-state index in [1.807, 2.05) is 6.07 Å². The van der Waals surface area contributed by atoms with Gasteiger partial charge in [0.1, 0.15) is 17.4 Å². The molecular weight excluding hydrogens is 272 g/mol. The maximum Gasteiger partial charge on any atom is 0.163 e. The summed E-state index contributed by atoms with van der Waals surface area (Å²) in [6, 6.07) is 5.19. The molecule has 110 valence electrons. The van der Waals surface area contributed by atoms with Crippen LogP contribution < -0.4 is 9.47 Å². The van der Waals surface area contributed by atoms with Crippen molar-refractivity contribution in [1.82, 2.24) is 4.98 Å². The van der Waals surface area contributed by atoms with Crippen LogP contribution in [0.15, 0.2) is 18.3 Å². The molecule has 0 aliphatic rings. The number of nitriles is 1. The van der Waals surface area contributed by atoms with E-state index < -0.39 is 0 Å². The minimum absolute atomic E-state index is 0.105. The van der Waals surface area contributed by atoms with Crippen molar-refractivity contribution >= 4 is 10.9 Å². The van der Waals surface area contributed by atoms with Gasteiger partial charge in [-0.3, -0.25) is 4.98 Å². The number of aromatic nitrogens is 1. The molecule has 0 saturated carbocycles. The van der Waals surface area contributed by atoms with E-state index >= 15 is 0 Å². The molecule has 0 saturated heterocycles. The monoisotopic (exact) mass is 288 g/mol. The van der Waals surface area contributed by atoms with Gasteiger partial charge in [-0.25, -0.2) is 0 Å². The van der Waals surface area contributed by atoms with E-state index in [2.05, 4.69) is 4.98 Å². The molecular formula is C15H16N2O4. The number of hydrogen-bond donors (Lipinski definition) is 1. The number of nitrogens with zero attached hydrogens (tertiary/aromatic N) is 2. The number of ether oxygens (including phenoxy) is 3. The molecule has 1 aromatic carbocycles. The van der Waals surface area contributed by atoms with E-state index in [0.29, 0.717) is 35.6 Å². The summed E-state index contributed by atoms with van der Waals surface area (Å²) in [4.78, 5) is 4.15. The maximum absolute atomic E-state index is 10.0. The largest absolute Gasteiger partial charge is 0.506 e. The summed E-state index contributed by atoms with van der Waals surface area (Å²) in [6.45, 7) is 1.10. The Bertz CT molecular complexity index is 679. The average molecular weight is 288 g/mol. The molecule has 1 N–H and O–H groups in total. The highest BCUT2D eigenvalue weighted by Gasteiger charge is 2.13. The van der Waals surface area contributed by atoms with Crippen molar-refractivity contribution in [3.05, 3.63) is 23.9 Å². The third-order valence-corrected chi connectivity index (χ3v) is 3.00. The predicted octanol–water partition coefficient (Wildman–Crippen LogP) is 2.24. The van der Waals surface area contributed by atoms with Crippen LogP contribution in [-0.4, -0.2) is 37.5 Å². The quantitative estimate of drug-likeness (QED) is 0.820. The molecule has 21 heavy (non-hydrogen) atoms. The number of fused-ring (bicyclic) bond motifs is 1. The number of benzene rings is 1. The summed E-state index contributed by atoms with van der Waals surface area (Å²) in [5.74, 6) is 0.913. The molecule has 0 fully saturated rings. The van der Waals surface area contributed by atoms with Crippen LogP contribution >= 0.6 is 0 Å². The first-order valence-corrected chi connectivity index (χ1v) is 6.42. The van der Waals surface area contributed by atoms with Crippen LogP contribution in [0.3, 0.4) is 0 Å². The van der Waals surface area contributed by atoms with E-state index in [9.17, 15) is 5.11 Å². The van der Waals surface area contributed by atoms with Crippen LogP contribution in [0.1, 0.15) is 12.0 Å². The van der Waals surface area contributed by atoms with E-state index in [1.165, 1.54) is 13.3 Å². The van der Waals surface area contributed by atoms with E-state index in [1.54, 1.807) is 19.2 Å². The summed E-state index contributed by atoms with van der Waals surface area (Å²) in [7, 11) is 3.15. The second-order valence-electron chi connectivity index (χ2n) is 4.35. The van der Waals surface area contributed by atoms with Crippen molar-refractivity contribution in [2.24, 2.45) is 0 Å². The van der Waals surface area contributed by atoms with Gasteiger partial charge in [0.15, 0.2) is 11.5 Å². The van der Waals surface area contributed by atoms with Gasteiger partial charge in [0.25, 0.3) is 0 Å². The molecule has 1 aromatic heterocycles. The van der Waals surface area contributed by atoms with Crippen LogP contribution in [-0.2, 0) is 4.74 Å². The highest BCUT2D eigenvalue weighted by Crippen LogP contribution is 2.36. The predicted molar refractivity (Wildman–Crippen MR) is 76.7 cm³/mol. The van der Waals surface area contributed by atoms with Crippen molar-refractivity contribution in [2.45, 2.75) is 6.42 Å². The minimum Gasteiger partial charge on any atom is -0.506 e. The fourth-order valence-electron chi connectivity index (χ4n) is 1.93. The van der Waals surface area contributed by atoms with Crippen LogP contribution in [0, 0.1) is 11.3 Å². The SMILES string of the molecule is COCCCOc1cc2ncc(C#N)c(O)c2cc1OC.